The fourth-order valence-electron chi connectivity index (χ4n) is 0.837. The molecule has 0 saturated heterocycles. The third kappa shape index (κ3) is 3.59. The predicted molar refractivity (Wildman–Crippen MR) is 58.3 cm³/mol. The summed E-state index contributed by atoms with van der Waals surface area (Å²) in [5.74, 6) is 0.0161. The zero-order valence-corrected chi connectivity index (χ0v) is 9.03. The van der Waals surface area contributed by atoms with E-state index in [0.717, 1.165) is 0 Å². The minimum absolute atomic E-state index is 0.0366. The van der Waals surface area contributed by atoms with Gasteiger partial charge < -0.3 is 5.11 Å². The highest BCUT2D eigenvalue weighted by atomic mass is 32.2. The maximum absolute atomic E-state index is 11.0. The Morgan fingerprint density at radius 2 is 2.13 bits per heavy atom. The van der Waals surface area contributed by atoms with Crippen molar-refractivity contribution in [2.75, 3.05) is 5.75 Å². The number of rotatable bonds is 4. The number of hydrogen-bond acceptors (Lipinski definition) is 4. The van der Waals surface area contributed by atoms with Crippen molar-refractivity contribution < 1.29 is 13.5 Å². The van der Waals surface area contributed by atoms with Crippen molar-refractivity contribution in [2.45, 2.75) is 6.92 Å². The summed E-state index contributed by atoms with van der Waals surface area (Å²) in [4.78, 5) is 2.01. The molecule has 0 heterocycles. The Morgan fingerprint density at radius 1 is 1.47 bits per heavy atom. The number of aromatic hydroxyl groups is 1. The quantitative estimate of drug-likeness (QED) is 0.587. The van der Waals surface area contributed by atoms with E-state index in [4.69, 9.17) is 0 Å². The number of nitrogens with one attached hydrogen (secondary N) is 1. The summed E-state index contributed by atoms with van der Waals surface area (Å²) in [6, 6.07) is 6.51. The SMILES string of the molecule is CCS(=O)(=O)N/N=C/c1ccccc1O. The number of benzene rings is 1. The molecular weight excluding hydrogens is 216 g/mol. The average molecular weight is 228 g/mol. The average Bonchev–Trinajstić information content (AvgIpc) is 2.21. The molecular formula is C9H12N2O3S. The van der Waals surface area contributed by atoms with Crippen LogP contribution in [0.2, 0.25) is 0 Å². The monoisotopic (exact) mass is 228 g/mol. The summed E-state index contributed by atoms with van der Waals surface area (Å²) < 4.78 is 22.0. The molecule has 0 bridgehead atoms. The van der Waals surface area contributed by atoms with E-state index in [2.05, 4.69) is 5.10 Å². The molecule has 0 unspecified atom stereocenters. The van der Waals surface area contributed by atoms with Crippen molar-refractivity contribution in [2.24, 2.45) is 5.10 Å². The van der Waals surface area contributed by atoms with Crippen LogP contribution in [0.1, 0.15) is 12.5 Å². The van der Waals surface area contributed by atoms with Crippen LogP contribution >= 0.6 is 0 Å². The summed E-state index contributed by atoms with van der Waals surface area (Å²) in [7, 11) is -3.33. The van der Waals surface area contributed by atoms with Crippen LogP contribution in [0, 0.1) is 0 Å². The Kier molecular flexibility index (Phi) is 3.68. The minimum Gasteiger partial charge on any atom is -0.507 e. The molecule has 0 aromatic heterocycles. The lowest BCUT2D eigenvalue weighted by atomic mass is 10.2. The van der Waals surface area contributed by atoms with E-state index in [-0.39, 0.29) is 11.5 Å². The summed E-state index contributed by atoms with van der Waals surface area (Å²) in [5.41, 5.74) is 0.455. The van der Waals surface area contributed by atoms with E-state index >= 15 is 0 Å². The van der Waals surface area contributed by atoms with Crippen LogP contribution in [-0.2, 0) is 10.0 Å². The third-order valence-electron chi connectivity index (χ3n) is 1.71. The second-order valence-corrected chi connectivity index (χ2v) is 4.80. The molecule has 1 aromatic carbocycles. The van der Waals surface area contributed by atoms with Crippen molar-refractivity contribution in [1.82, 2.24) is 4.83 Å². The molecule has 1 aromatic rings. The van der Waals surface area contributed by atoms with Crippen molar-refractivity contribution in [3.63, 3.8) is 0 Å². The molecule has 15 heavy (non-hydrogen) atoms. The van der Waals surface area contributed by atoms with Gasteiger partial charge in [-0.2, -0.15) is 5.10 Å². The standard InChI is InChI=1S/C9H12N2O3S/c1-2-15(13,14)11-10-7-8-5-3-4-6-9(8)12/h3-7,11-12H,2H2,1H3/b10-7+. The first kappa shape index (κ1) is 11.5. The van der Waals surface area contributed by atoms with Gasteiger partial charge >= 0.3 is 0 Å². The smallest absolute Gasteiger partial charge is 0.247 e. The molecule has 2 N–H and O–H groups in total. The molecule has 6 heteroatoms. The minimum atomic E-state index is -3.33. The zero-order valence-electron chi connectivity index (χ0n) is 8.21. The summed E-state index contributed by atoms with van der Waals surface area (Å²) in [5, 5.41) is 12.9. The molecule has 0 saturated carbocycles. The molecule has 82 valence electrons. The number of phenolic OH excluding ortho intramolecular Hbond substituents is 1. The van der Waals surface area contributed by atoms with Crippen LogP contribution in [-0.4, -0.2) is 25.5 Å². The van der Waals surface area contributed by atoms with Crippen LogP contribution < -0.4 is 4.83 Å². The fourth-order valence-corrected chi connectivity index (χ4v) is 1.18. The Bertz CT molecular complexity index is 454. The van der Waals surface area contributed by atoms with E-state index in [1.165, 1.54) is 19.2 Å². The van der Waals surface area contributed by atoms with Crippen molar-refractivity contribution >= 4 is 16.2 Å². The molecule has 1 rings (SSSR count). The second kappa shape index (κ2) is 4.79. The van der Waals surface area contributed by atoms with Crippen molar-refractivity contribution in [1.29, 1.82) is 0 Å². The molecule has 5 nitrogen and oxygen atoms in total. The molecule has 0 radical (unpaired) electrons. The second-order valence-electron chi connectivity index (χ2n) is 2.81. The third-order valence-corrected chi connectivity index (χ3v) is 2.86. The number of para-hydroxylation sites is 1. The molecule has 0 amide bonds. The largest absolute Gasteiger partial charge is 0.507 e. The van der Waals surface area contributed by atoms with Crippen LogP contribution in [0.15, 0.2) is 29.4 Å². The van der Waals surface area contributed by atoms with E-state index in [1.54, 1.807) is 18.2 Å². The van der Waals surface area contributed by atoms with E-state index in [0.29, 0.717) is 5.56 Å². The fraction of sp³-hybridized carbons (Fsp3) is 0.222. The van der Waals surface area contributed by atoms with Gasteiger partial charge in [0.1, 0.15) is 5.75 Å². The van der Waals surface area contributed by atoms with Crippen molar-refractivity contribution in [3.05, 3.63) is 29.8 Å². The van der Waals surface area contributed by atoms with Crippen LogP contribution in [0.5, 0.6) is 5.75 Å². The van der Waals surface area contributed by atoms with Gasteiger partial charge in [-0.1, -0.05) is 12.1 Å². The first-order chi connectivity index (χ1) is 7.05. The number of nitrogens with zero attached hydrogens (tertiary/aromatic N) is 1. The van der Waals surface area contributed by atoms with Gasteiger partial charge in [-0.15, -0.1) is 0 Å². The number of phenols is 1. The van der Waals surface area contributed by atoms with Crippen LogP contribution in [0.4, 0.5) is 0 Å². The van der Waals surface area contributed by atoms with Gasteiger partial charge in [0.25, 0.3) is 0 Å². The highest BCUT2D eigenvalue weighted by Gasteiger charge is 2.02. The number of hydrogen-bond donors (Lipinski definition) is 2. The predicted octanol–water partition coefficient (Wildman–Crippen LogP) is 0.665. The highest BCUT2D eigenvalue weighted by molar-refractivity contribution is 7.89. The first-order valence-electron chi connectivity index (χ1n) is 4.35. The van der Waals surface area contributed by atoms with Gasteiger partial charge in [-0.05, 0) is 19.1 Å². The van der Waals surface area contributed by atoms with Gasteiger partial charge in [0.15, 0.2) is 0 Å². The van der Waals surface area contributed by atoms with E-state index in [9.17, 15) is 13.5 Å². The van der Waals surface area contributed by atoms with Gasteiger partial charge in [0, 0.05) is 5.56 Å². The summed E-state index contributed by atoms with van der Waals surface area (Å²) >= 11 is 0. The number of sulfonamides is 1. The topological polar surface area (TPSA) is 78.8 Å². The van der Waals surface area contributed by atoms with Gasteiger partial charge in [0.2, 0.25) is 10.0 Å². The van der Waals surface area contributed by atoms with E-state index < -0.39 is 10.0 Å². The zero-order chi connectivity index (χ0) is 11.3. The van der Waals surface area contributed by atoms with Crippen molar-refractivity contribution in [3.8, 4) is 5.75 Å². The van der Waals surface area contributed by atoms with Crippen LogP contribution in [0.25, 0.3) is 0 Å². The molecule has 0 aliphatic carbocycles. The molecule has 0 aliphatic heterocycles. The lowest BCUT2D eigenvalue weighted by Gasteiger charge is -1.99. The molecule has 0 atom stereocenters. The van der Waals surface area contributed by atoms with E-state index in [1.807, 2.05) is 4.83 Å². The number of hydrazone groups is 1. The molecule has 0 aliphatic rings. The summed E-state index contributed by atoms with van der Waals surface area (Å²) in [6.45, 7) is 1.51. The Labute approximate surface area is 88.5 Å². The first-order valence-corrected chi connectivity index (χ1v) is 6.01. The Morgan fingerprint density at radius 3 is 2.73 bits per heavy atom. The van der Waals surface area contributed by atoms with Gasteiger partial charge in [-0.25, -0.2) is 13.2 Å². The Hall–Kier alpha value is -1.56. The maximum atomic E-state index is 11.0. The molecule has 0 spiro atoms. The normalized spacial score (nSPS) is 11.8. The Balaban J connectivity index is 2.72. The van der Waals surface area contributed by atoms with Gasteiger partial charge in [-0.3, -0.25) is 0 Å². The highest BCUT2D eigenvalue weighted by Crippen LogP contribution is 2.12. The molecule has 0 fully saturated rings. The summed E-state index contributed by atoms with van der Waals surface area (Å²) in [6.07, 6.45) is 1.25. The van der Waals surface area contributed by atoms with Crippen LogP contribution in [0.3, 0.4) is 0 Å². The van der Waals surface area contributed by atoms with Gasteiger partial charge in [0.05, 0.1) is 12.0 Å². The lowest BCUT2D eigenvalue weighted by molar-refractivity contribution is 0.474. The lowest BCUT2D eigenvalue weighted by Crippen LogP contribution is -2.19. The maximum Gasteiger partial charge on any atom is 0.247 e.